The average molecular weight is 338 g/mol. The molecule has 0 saturated carbocycles. The zero-order valence-electron chi connectivity index (χ0n) is 14.0. The lowest BCUT2D eigenvalue weighted by atomic mass is 10.0. The lowest BCUT2D eigenvalue weighted by Crippen LogP contribution is -2.13. The molecule has 1 aromatic heterocycles. The summed E-state index contributed by atoms with van der Waals surface area (Å²) in [5.41, 5.74) is 2.37. The number of carbonyl (C=O) groups is 1. The third-order valence-electron chi connectivity index (χ3n) is 3.92. The number of unbranched alkanes of at least 4 members (excludes halogenated alkanes) is 1. The van der Waals surface area contributed by atoms with Crippen LogP contribution in [-0.2, 0) is 13.0 Å². The number of aromatic nitrogens is 4. The van der Waals surface area contributed by atoms with Crippen LogP contribution < -0.4 is 0 Å². The van der Waals surface area contributed by atoms with E-state index in [1.165, 1.54) is 22.5 Å². The van der Waals surface area contributed by atoms with Gasteiger partial charge in [-0.1, -0.05) is 49.7 Å². The predicted octanol–water partition coefficient (Wildman–Crippen LogP) is 3.70. The zero-order valence-corrected chi connectivity index (χ0v) is 14.0. The summed E-state index contributed by atoms with van der Waals surface area (Å²) in [6, 6.07) is 13.6. The molecule has 5 nitrogen and oxygen atoms in total. The van der Waals surface area contributed by atoms with Gasteiger partial charge in [-0.05, 0) is 35.8 Å². The highest BCUT2D eigenvalue weighted by Gasteiger charge is 2.11. The Morgan fingerprint density at radius 2 is 1.96 bits per heavy atom. The first-order valence-corrected chi connectivity index (χ1v) is 8.31. The highest BCUT2D eigenvalue weighted by molar-refractivity contribution is 5.95. The van der Waals surface area contributed by atoms with Crippen molar-refractivity contribution in [2.75, 3.05) is 0 Å². The van der Waals surface area contributed by atoms with Crippen molar-refractivity contribution in [1.29, 1.82) is 0 Å². The molecule has 3 rings (SSSR count). The number of Topliss-reactive ketones (excluding diaryl/α,β-unsaturated/α-hetero) is 1. The topological polar surface area (TPSA) is 60.7 Å². The van der Waals surface area contributed by atoms with E-state index in [0.29, 0.717) is 17.0 Å². The van der Waals surface area contributed by atoms with Gasteiger partial charge in [-0.15, -0.1) is 10.2 Å². The lowest BCUT2D eigenvalue weighted by Gasteiger charge is -2.03. The summed E-state index contributed by atoms with van der Waals surface area (Å²) in [4.78, 5) is 13.6. The predicted molar refractivity (Wildman–Crippen MR) is 92.6 cm³/mol. The van der Waals surface area contributed by atoms with Gasteiger partial charge < -0.3 is 0 Å². The Balaban J connectivity index is 1.67. The minimum absolute atomic E-state index is 0.00335. The summed E-state index contributed by atoms with van der Waals surface area (Å²) in [6.45, 7) is 2.15. The van der Waals surface area contributed by atoms with Crippen LogP contribution in [0.3, 0.4) is 0 Å². The standard InChI is InChI=1S/C19H19FN4O/c1-2-3-5-14-8-10-15(11-9-14)18(25)13-24-22-19(21-23-24)16-6-4-7-17(20)12-16/h4,6-12H,2-3,5,13H2,1H3. The van der Waals surface area contributed by atoms with Crippen molar-refractivity contribution < 1.29 is 9.18 Å². The van der Waals surface area contributed by atoms with E-state index < -0.39 is 0 Å². The van der Waals surface area contributed by atoms with Gasteiger partial charge in [-0.25, -0.2) is 4.39 Å². The fraction of sp³-hybridized carbons (Fsp3) is 0.263. The molecule has 0 spiro atoms. The van der Waals surface area contributed by atoms with Gasteiger partial charge in [0.15, 0.2) is 5.78 Å². The first-order chi connectivity index (χ1) is 12.2. The molecule has 0 saturated heterocycles. The molecule has 0 aliphatic rings. The molecule has 0 radical (unpaired) electrons. The smallest absolute Gasteiger partial charge is 0.205 e. The van der Waals surface area contributed by atoms with Crippen molar-refractivity contribution in [3.63, 3.8) is 0 Å². The molecule has 128 valence electrons. The maximum absolute atomic E-state index is 13.3. The maximum Gasteiger partial charge on any atom is 0.205 e. The number of benzene rings is 2. The summed E-state index contributed by atoms with van der Waals surface area (Å²) in [7, 11) is 0. The van der Waals surface area contributed by atoms with Crippen LogP contribution >= 0.6 is 0 Å². The van der Waals surface area contributed by atoms with Gasteiger partial charge in [0.2, 0.25) is 5.82 Å². The summed E-state index contributed by atoms with van der Waals surface area (Å²) in [5, 5.41) is 11.9. The van der Waals surface area contributed by atoms with Crippen LogP contribution in [0.1, 0.15) is 35.7 Å². The second-order valence-electron chi connectivity index (χ2n) is 5.88. The van der Waals surface area contributed by atoms with Gasteiger partial charge in [0.1, 0.15) is 12.4 Å². The number of ketones is 1. The van der Waals surface area contributed by atoms with Crippen LogP contribution in [0.25, 0.3) is 11.4 Å². The number of nitrogens with zero attached hydrogens (tertiary/aromatic N) is 4. The summed E-state index contributed by atoms with van der Waals surface area (Å²) in [5.74, 6) is -0.166. The molecule has 25 heavy (non-hydrogen) atoms. The van der Waals surface area contributed by atoms with Crippen LogP contribution in [0.2, 0.25) is 0 Å². The molecule has 1 heterocycles. The van der Waals surface area contributed by atoms with Crippen LogP contribution in [0.15, 0.2) is 48.5 Å². The minimum atomic E-state index is -0.368. The summed E-state index contributed by atoms with van der Waals surface area (Å²) >= 11 is 0. The van der Waals surface area contributed by atoms with Crippen LogP contribution in [-0.4, -0.2) is 26.0 Å². The van der Waals surface area contributed by atoms with Crippen LogP contribution in [0, 0.1) is 5.82 Å². The van der Waals surface area contributed by atoms with E-state index in [9.17, 15) is 9.18 Å². The lowest BCUT2D eigenvalue weighted by molar-refractivity contribution is 0.0961. The molecule has 3 aromatic rings. The fourth-order valence-corrected chi connectivity index (χ4v) is 2.51. The normalized spacial score (nSPS) is 10.8. The van der Waals surface area contributed by atoms with Gasteiger partial charge in [-0.2, -0.15) is 4.80 Å². The van der Waals surface area contributed by atoms with E-state index in [-0.39, 0.29) is 18.1 Å². The maximum atomic E-state index is 13.3. The number of rotatable bonds is 7. The van der Waals surface area contributed by atoms with E-state index in [4.69, 9.17) is 0 Å². The molecular weight excluding hydrogens is 319 g/mol. The van der Waals surface area contributed by atoms with Crippen molar-refractivity contribution in [1.82, 2.24) is 20.2 Å². The molecule has 0 N–H and O–H groups in total. The highest BCUT2D eigenvalue weighted by atomic mass is 19.1. The molecule has 0 unspecified atom stereocenters. The number of aryl methyl sites for hydroxylation is 1. The van der Waals surface area contributed by atoms with E-state index >= 15 is 0 Å². The number of carbonyl (C=O) groups excluding carboxylic acids is 1. The van der Waals surface area contributed by atoms with Gasteiger partial charge in [0, 0.05) is 11.1 Å². The van der Waals surface area contributed by atoms with E-state index in [0.717, 1.165) is 19.3 Å². The molecule has 0 bridgehead atoms. The average Bonchev–Trinajstić information content (AvgIpc) is 3.09. The molecule has 0 fully saturated rings. The second-order valence-corrected chi connectivity index (χ2v) is 5.88. The first kappa shape index (κ1) is 17.0. The number of hydrogen-bond acceptors (Lipinski definition) is 4. The third-order valence-corrected chi connectivity index (χ3v) is 3.92. The highest BCUT2D eigenvalue weighted by Crippen LogP contribution is 2.14. The number of hydrogen-bond donors (Lipinski definition) is 0. The SMILES string of the molecule is CCCCc1ccc(C(=O)Cn2nnc(-c3cccc(F)c3)n2)cc1. The van der Waals surface area contributed by atoms with E-state index in [1.54, 1.807) is 12.1 Å². The Labute approximate surface area is 145 Å². The van der Waals surface area contributed by atoms with Crippen molar-refractivity contribution >= 4 is 5.78 Å². The van der Waals surface area contributed by atoms with Crippen molar-refractivity contribution in [2.45, 2.75) is 32.7 Å². The van der Waals surface area contributed by atoms with Gasteiger partial charge in [0.05, 0.1) is 0 Å². The molecule has 0 aliphatic heterocycles. The van der Waals surface area contributed by atoms with Crippen LogP contribution in [0.4, 0.5) is 4.39 Å². The Bertz CT molecular complexity index is 858. The summed E-state index contributed by atoms with van der Waals surface area (Å²) in [6.07, 6.45) is 3.30. The van der Waals surface area contributed by atoms with Crippen molar-refractivity contribution in [2.24, 2.45) is 0 Å². The van der Waals surface area contributed by atoms with E-state index in [2.05, 4.69) is 22.3 Å². The quantitative estimate of drug-likeness (QED) is 0.616. The van der Waals surface area contributed by atoms with Crippen molar-refractivity contribution in [3.8, 4) is 11.4 Å². The first-order valence-electron chi connectivity index (χ1n) is 8.31. The van der Waals surface area contributed by atoms with E-state index in [1.807, 2.05) is 24.3 Å². The molecule has 0 atom stereocenters. The molecule has 2 aromatic carbocycles. The van der Waals surface area contributed by atoms with Gasteiger partial charge in [0.25, 0.3) is 0 Å². The molecule has 6 heteroatoms. The number of halogens is 1. The zero-order chi connectivity index (χ0) is 17.6. The Kier molecular flexibility index (Phi) is 5.28. The number of tetrazole rings is 1. The third kappa shape index (κ3) is 4.35. The Hall–Kier alpha value is -2.89. The largest absolute Gasteiger partial charge is 0.292 e. The fourth-order valence-electron chi connectivity index (χ4n) is 2.51. The van der Waals surface area contributed by atoms with Gasteiger partial charge >= 0.3 is 0 Å². The Morgan fingerprint density at radius 1 is 1.16 bits per heavy atom. The van der Waals surface area contributed by atoms with Crippen molar-refractivity contribution in [3.05, 3.63) is 65.5 Å². The second kappa shape index (κ2) is 7.79. The minimum Gasteiger partial charge on any atom is -0.292 e. The monoisotopic (exact) mass is 338 g/mol. The van der Waals surface area contributed by atoms with Crippen LogP contribution in [0.5, 0.6) is 0 Å². The van der Waals surface area contributed by atoms with Gasteiger partial charge in [-0.3, -0.25) is 4.79 Å². The summed E-state index contributed by atoms with van der Waals surface area (Å²) < 4.78 is 13.3. The Morgan fingerprint density at radius 3 is 2.68 bits per heavy atom. The molecule has 0 aliphatic carbocycles. The molecule has 0 amide bonds. The molecular formula is C19H19FN4O.